The normalized spacial score (nSPS) is 12.7. The second kappa shape index (κ2) is 8.34. The molecule has 118 valence electrons. The van der Waals surface area contributed by atoms with Crippen molar-refractivity contribution in [2.45, 2.75) is 39.7 Å². The van der Waals surface area contributed by atoms with Crippen LogP contribution in [0.4, 0.5) is 4.39 Å². The molecular formula is C15H23BrFN3O. The Labute approximate surface area is 133 Å². The standard InChI is InChI=1S/C15H23BrFN3O/c1-15(2,14(18)20-21)7-3-4-8-19-10-11-9-12(17)5-6-13(11)16/h5-6,9,19,21H,3-4,7-8,10H2,1-2H3,(H2,18,20). The van der Waals surface area contributed by atoms with Crippen LogP contribution in [0, 0.1) is 11.2 Å². The Morgan fingerprint density at radius 1 is 1.43 bits per heavy atom. The molecule has 0 aliphatic carbocycles. The first-order valence-electron chi connectivity index (χ1n) is 6.99. The van der Waals surface area contributed by atoms with Gasteiger partial charge in [0.05, 0.1) is 0 Å². The fraction of sp³-hybridized carbons (Fsp3) is 0.533. The average molecular weight is 360 g/mol. The number of nitrogens with one attached hydrogen (secondary N) is 1. The molecule has 1 aromatic rings. The molecule has 0 bridgehead atoms. The largest absolute Gasteiger partial charge is 0.409 e. The molecule has 1 rings (SSSR count). The minimum atomic E-state index is -0.291. The summed E-state index contributed by atoms with van der Waals surface area (Å²) in [6.07, 6.45) is 2.81. The first kappa shape index (κ1) is 17.9. The first-order valence-corrected chi connectivity index (χ1v) is 7.79. The van der Waals surface area contributed by atoms with E-state index in [1.165, 1.54) is 12.1 Å². The van der Waals surface area contributed by atoms with Crippen molar-refractivity contribution in [3.8, 4) is 0 Å². The van der Waals surface area contributed by atoms with E-state index in [-0.39, 0.29) is 17.1 Å². The quantitative estimate of drug-likeness (QED) is 0.218. The number of halogens is 2. The Morgan fingerprint density at radius 2 is 2.14 bits per heavy atom. The van der Waals surface area contributed by atoms with Crippen LogP contribution in [0.3, 0.4) is 0 Å². The molecule has 0 saturated carbocycles. The molecule has 0 fully saturated rings. The maximum Gasteiger partial charge on any atom is 0.144 e. The highest BCUT2D eigenvalue weighted by atomic mass is 79.9. The number of nitrogens with two attached hydrogens (primary N) is 1. The molecule has 0 atom stereocenters. The van der Waals surface area contributed by atoms with Gasteiger partial charge in [-0.15, -0.1) is 0 Å². The molecule has 6 heteroatoms. The number of hydrogen-bond donors (Lipinski definition) is 3. The van der Waals surface area contributed by atoms with Crippen LogP contribution in [-0.4, -0.2) is 17.6 Å². The third-order valence-electron chi connectivity index (χ3n) is 3.53. The number of oxime groups is 1. The lowest BCUT2D eigenvalue weighted by Gasteiger charge is -2.22. The van der Waals surface area contributed by atoms with E-state index in [2.05, 4.69) is 26.4 Å². The van der Waals surface area contributed by atoms with E-state index in [0.29, 0.717) is 6.54 Å². The van der Waals surface area contributed by atoms with Gasteiger partial charge in [0.25, 0.3) is 0 Å². The van der Waals surface area contributed by atoms with Crippen molar-refractivity contribution < 1.29 is 9.60 Å². The Kier molecular flexibility index (Phi) is 7.11. The van der Waals surface area contributed by atoms with Gasteiger partial charge in [0, 0.05) is 16.4 Å². The molecule has 1 aromatic carbocycles. The van der Waals surface area contributed by atoms with Crippen LogP contribution in [0.2, 0.25) is 0 Å². The van der Waals surface area contributed by atoms with Crippen molar-refractivity contribution in [2.75, 3.05) is 6.54 Å². The second-order valence-electron chi connectivity index (χ2n) is 5.74. The SMILES string of the molecule is CC(C)(CCCCNCc1cc(F)ccc1Br)/C(N)=N/O. The summed E-state index contributed by atoms with van der Waals surface area (Å²) in [4.78, 5) is 0. The lowest BCUT2D eigenvalue weighted by molar-refractivity contribution is 0.304. The fourth-order valence-corrected chi connectivity index (χ4v) is 2.37. The van der Waals surface area contributed by atoms with Gasteiger partial charge < -0.3 is 16.3 Å². The summed E-state index contributed by atoms with van der Waals surface area (Å²) in [7, 11) is 0. The van der Waals surface area contributed by atoms with Gasteiger partial charge in [-0.1, -0.05) is 41.4 Å². The summed E-state index contributed by atoms with van der Waals surface area (Å²) in [5, 5.41) is 15.1. The van der Waals surface area contributed by atoms with E-state index in [0.717, 1.165) is 35.8 Å². The average Bonchev–Trinajstić information content (AvgIpc) is 2.45. The summed E-state index contributed by atoms with van der Waals surface area (Å²) in [5.41, 5.74) is 6.26. The smallest absolute Gasteiger partial charge is 0.144 e. The monoisotopic (exact) mass is 359 g/mol. The van der Waals surface area contributed by atoms with Gasteiger partial charge in [-0.3, -0.25) is 0 Å². The minimum Gasteiger partial charge on any atom is -0.409 e. The van der Waals surface area contributed by atoms with Crippen LogP contribution in [-0.2, 0) is 6.54 Å². The van der Waals surface area contributed by atoms with Crippen LogP contribution in [0.15, 0.2) is 27.8 Å². The molecular weight excluding hydrogens is 337 g/mol. The molecule has 0 aliphatic rings. The predicted molar refractivity (Wildman–Crippen MR) is 86.8 cm³/mol. The van der Waals surface area contributed by atoms with Crippen LogP contribution >= 0.6 is 15.9 Å². The van der Waals surface area contributed by atoms with Crippen LogP contribution < -0.4 is 11.1 Å². The number of hydrogen-bond acceptors (Lipinski definition) is 3. The van der Waals surface area contributed by atoms with Crippen LogP contribution in [0.5, 0.6) is 0 Å². The lowest BCUT2D eigenvalue weighted by atomic mass is 9.86. The zero-order valence-electron chi connectivity index (χ0n) is 12.5. The third kappa shape index (κ3) is 6.01. The Bertz CT molecular complexity index is 492. The Hall–Kier alpha value is -1.14. The maximum atomic E-state index is 13.1. The highest BCUT2D eigenvalue weighted by Crippen LogP contribution is 2.23. The summed E-state index contributed by atoms with van der Waals surface area (Å²) >= 11 is 3.41. The molecule has 0 aliphatic heterocycles. The highest BCUT2D eigenvalue weighted by molar-refractivity contribution is 9.10. The van der Waals surface area contributed by atoms with Crippen molar-refractivity contribution in [3.05, 3.63) is 34.1 Å². The molecule has 0 heterocycles. The van der Waals surface area contributed by atoms with Gasteiger partial charge in [0.2, 0.25) is 0 Å². The van der Waals surface area contributed by atoms with Gasteiger partial charge in [-0.25, -0.2) is 4.39 Å². The van der Waals surface area contributed by atoms with Crippen LogP contribution in [0.25, 0.3) is 0 Å². The molecule has 4 N–H and O–H groups in total. The van der Waals surface area contributed by atoms with Crippen molar-refractivity contribution in [3.63, 3.8) is 0 Å². The number of rotatable bonds is 8. The topological polar surface area (TPSA) is 70.6 Å². The molecule has 0 aromatic heterocycles. The zero-order valence-corrected chi connectivity index (χ0v) is 14.1. The summed E-state index contributed by atoms with van der Waals surface area (Å²) in [6.45, 7) is 5.38. The van der Waals surface area contributed by atoms with Crippen molar-refractivity contribution in [1.82, 2.24) is 5.32 Å². The van der Waals surface area contributed by atoms with Gasteiger partial charge in [-0.2, -0.15) is 0 Å². The van der Waals surface area contributed by atoms with Crippen molar-refractivity contribution in [1.29, 1.82) is 0 Å². The molecule has 0 unspecified atom stereocenters. The van der Waals surface area contributed by atoms with Gasteiger partial charge in [0.15, 0.2) is 0 Å². The van der Waals surface area contributed by atoms with Crippen molar-refractivity contribution in [2.24, 2.45) is 16.3 Å². The molecule has 21 heavy (non-hydrogen) atoms. The fourth-order valence-electron chi connectivity index (χ4n) is 1.98. The van der Waals surface area contributed by atoms with Gasteiger partial charge in [-0.05, 0) is 43.1 Å². The molecule has 0 saturated heterocycles. The minimum absolute atomic E-state index is 0.226. The lowest BCUT2D eigenvalue weighted by Crippen LogP contribution is -2.32. The van der Waals surface area contributed by atoms with Gasteiger partial charge in [0.1, 0.15) is 11.7 Å². The van der Waals surface area contributed by atoms with E-state index < -0.39 is 0 Å². The molecule has 0 radical (unpaired) electrons. The Morgan fingerprint density at radius 3 is 2.81 bits per heavy atom. The first-order chi connectivity index (χ1) is 9.86. The number of amidine groups is 1. The van der Waals surface area contributed by atoms with Crippen LogP contribution in [0.1, 0.15) is 38.7 Å². The maximum absolute atomic E-state index is 13.1. The summed E-state index contributed by atoms with van der Waals surface area (Å²) in [5.74, 6) is 0.0367. The predicted octanol–water partition coefficient (Wildman–Crippen LogP) is 3.62. The van der Waals surface area contributed by atoms with E-state index in [1.807, 2.05) is 13.8 Å². The van der Waals surface area contributed by atoms with Gasteiger partial charge >= 0.3 is 0 Å². The second-order valence-corrected chi connectivity index (χ2v) is 6.59. The third-order valence-corrected chi connectivity index (χ3v) is 4.30. The van der Waals surface area contributed by atoms with E-state index in [9.17, 15) is 4.39 Å². The van der Waals surface area contributed by atoms with E-state index in [4.69, 9.17) is 10.9 Å². The molecule has 0 spiro atoms. The van der Waals surface area contributed by atoms with E-state index in [1.54, 1.807) is 6.07 Å². The summed E-state index contributed by atoms with van der Waals surface area (Å²) in [6, 6.07) is 4.67. The number of benzene rings is 1. The zero-order chi connectivity index (χ0) is 15.9. The summed E-state index contributed by atoms with van der Waals surface area (Å²) < 4.78 is 14.0. The van der Waals surface area contributed by atoms with E-state index >= 15 is 0 Å². The number of nitrogens with zero attached hydrogens (tertiary/aromatic N) is 1. The highest BCUT2D eigenvalue weighted by Gasteiger charge is 2.22. The molecule has 0 amide bonds. The number of unbranched alkanes of at least 4 members (excludes halogenated alkanes) is 1. The van der Waals surface area contributed by atoms with Crippen molar-refractivity contribution >= 4 is 21.8 Å². The molecule has 4 nitrogen and oxygen atoms in total. The Balaban J connectivity index is 2.25.